The number of rotatable bonds is 2. The summed E-state index contributed by atoms with van der Waals surface area (Å²) in [4.78, 5) is 7.21. The molecular weight excluding hydrogens is 278 g/mol. The van der Waals surface area contributed by atoms with Gasteiger partial charge in [-0.2, -0.15) is 9.37 Å². The van der Waals surface area contributed by atoms with E-state index in [1.807, 2.05) is 13.8 Å². The molecule has 0 aliphatic rings. The molecule has 2 aromatic rings. The molecule has 1 heterocycles. The Labute approximate surface area is 114 Å². The normalized spacial score (nSPS) is 10.5. The Kier molecular flexibility index (Phi) is 3.68. The number of aromatic nitrogens is 2. The zero-order valence-electron chi connectivity index (χ0n) is 9.67. The Balaban J connectivity index is 2.43. The summed E-state index contributed by atoms with van der Waals surface area (Å²) in [6.07, 6.45) is 0.964. The van der Waals surface area contributed by atoms with E-state index >= 15 is 0 Å². The van der Waals surface area contributed by atoms with Crippen LogP contribution in [0.5, 0.6) is 11.6 Å². The molecule has 94 valence electrons. The monoisotopic (exact) mass is 286 g/mol. The first-order valence-electron chi connectivity index (χ1n) is 5.10. The lowest BCUT2D eigenvalue weighted by molar-refractivity contribution is 0.415. The molecule has 18 heavy (non-hydrogen) atoms. The van der Waals surface area contributed by atoms with E-state index in [2.05, 4.69) is 9.97 Å². The number of hydrogen-bond donors (Lipinski definition) is 0. The van der Waals surface area contributed by atoms with Crippen LogP contribution in [-0.2, 0) is 0 Å². The zero-order chi connectivity index (χ0) is 13.3. The molecule has 6 heteroatoms. The smallest absolute Gasteiger partial charge is 0.260 e. The SMILES string of the molecule is Cc1cc(Cl)cc(C)c1Oc1nc(Cl)ncc1F. The van der Waals surface area contributed by atoms with Crippen molar-refractivity contribution in [3.8, 4) is 11.6 Å². The molecule has 2 rings (SSSR count). The van der Waals surface area contributed by atoms with Crippen molar-refractivity contribution in [1.82, 2.24) is 9.97 Å². The fourth-order valence-electron chi connectivity index (χ4n) is 1.56. The second kappa shape index (κ2) is 5.08. The van der Waals surface area contributed by atoms with Crippen molar-refractivity contribution in [2.24, 2.45) is 0 Å². The molecule has 3 nitrogen and oxygen atoms in total. The molecule has 0 unspecified atom stereocenters. The Bertz CT molecular complexity index is 582. The van der Waals surface area contributed by atoms with Gasteiger partial charge in [-0.3, -0.25) is 0 Å². The van der Waals surface area contributed by atoms with Gasteiger partial charge < -0.3 is 4.74 Å². The van der Waals surface area contributed by atoms with Crippen LogP contribution in [0.4, 0.5) is 4.39 Å². The van der Waals surface area contributed by atoms with Crippen molar-refractivity contribution in [3.05, 3.63) is 45.6 Å². The molecule has 0 spiro atoms. The Hall–Kier alpha value is -1.39. The highest BCUT2D eigenvalue weighted by Gasteiger charge is 2.12. The van der Waals surface area contributed by atoms with Crippen LogP contribution < -0.4 is 4.74 Å². The van der Waals surface area contributed by atoms with E-state index in [1.54, 1.807) is 12.1 Å². The van der Waals surface area contributed by atoms with Crippen molar-refractivity contribution in [3.63, 3.8) is 0 Å². The minimum Gasteiger partial charge on any atom is -0.436 e. The van der Waals surface area contributed by atoms with E-state index in [0.717, 1.165) is 17.3 Å². The molecule has 0 saturated heterocycles. The van der Waals surface area contributed by atoms with Crippen molar-refractivity contribution < 1.29 is 9.13 Å². The second-order valence-electron chi connectivity index (χ2n) is 3.76. The molecule has 0 fully saturated rings. The van der Waals surface area contributed by atoms with E-state index in [9.17, 15) is 4.39 Å². The number of halogens is 3. The summed E-state index contributed by atoms with van der Waals surface area (Å²) >= 11 is 11.5. The van der Waals surface area contributed by atoms with E-state index in [0.29, 0.717) is 10.8 Å². The minimum absolute atomic E-state index is 0.0735. The average Bonchev–Trinajstić information content (AvgIpc) is 2.28. The topological polar surface area (TPSA) is 35.0 Å². The lowest BCUT2D eigenvalue weighted by Gasteiger charge is -2.11. The van der Waals surface area contributed by atoms with E-state index in [4.69, 9.17) is 27.9 Å². The first-order chi connectivity index (χ1) is 8.47. The third-order valence-corrected chi connectivity index (χ3v) is 2.71. The van der Waals surface area contributed by atoms with E-state index in [1.165, 1.54) is 0 Å². The highest BCUT2D eigenvalue weighted by Crippen LogP contribution is 2.31. The molecule has 0 atom stereocenters. The minimum atomic E-state index is -0.673. The Morgan fingerprint density at radius 2 is 1.78 bits per heavy atom. The highest BCUT2D eigenvalue weighted by atomic mass is 35.5. The van der Waals surface area contributed by atoms with Crippen LogP contribution in [0, 0.1) is 19.7 Å². The van der Waals surface area contributed by atoms with Crippen molar-refractivity contribution in [2.45, 2.75) is 13.8 Å². The van der Waals surface area contributed by atoms with Crippen LogP contribution >= 0.6 is 23.2 Å². The maximum Gasteiger partial charge on any atom is 0.260 e. The van der Waals surface area contributed by atoms with Crippen LogP contribution in [-0.4, -0.2) is 9.97 Å². The van der Waals surface area contributed by atoms with Gasteiger partial charge in [0.2, 0.25) is 11.1 Å². The van der Waals surface area contributed by atoms with Gasteiger partial charge in [0.05, 0.1) is 6.20 Å². The van der Waals surface area contributed by atoms with E-state index in [-0.39, 0.29) is 11.2 Å². The molecule has 0 aliphatic heterocycles. The van der Waals surface area contributed by atoms with Gasteiger partial charge in [-0.05, 0) is 48.7 Å². The predicted molar refractivity (Wildman–Crippen MR) is 68.0 cm³/mol. The summed E-state index contributed by atoms with van der Waals surface area (Å²) in [6.45, 7) is 3.63. The van der Waals surface area contributed by atoms with Crippen LogP contribution in [0.2, 0.25) is 10.3 Å². The van der Waals surface area contributed by atoms with E-state index < -0.39 is 5.82 Å². The van der Waals surface area contributed by atoms with Gasteiger partial charge in [0.15, 0.2) is 0 Å². The van der Waals surface area contributed by atoms with Crippen LogP contribution in [0.3, 0.4) is 0 Å². The first-order valence-corrected chi connectivity index (χ1v) is 5.85. The van der Waals surface area contributed by atoms with Crippen LogP contribution in [0.1, 0.15) is 11.1 Å². The molecule has 0 saturated carbocycles. The number of aryl methyl sites for hydroxylation is 2. The fourth-order valence-corrected chi connectivity index (χ4v) is 2.01. The van der Waals surface area contributed by atoms with Gasteiger partial charge in [-0.25, -0.2) is 4.98 Å². The van der Waals surface area contributed by atoms with Gasteiger partial charge in [0.25, 0.3) is 5.88 Å². The molecule has 1 aromatic carbocycles. The molecule has 0 amide bonds. The van der Waals surface area contributed by atoms with Crippen LogP contribution in [0.15, 0.2) is 18.3 Å². The first kappa shape index (κ1) is 13.1. The van der Waals surface area contributed by atoms with Gasteiger partial charge in [0.1, 0.15) is 5.75 Å². The standard InChI is InChI=1S/C12H9Cl2FN2O/c1-6-3-8(13)4-7(2)10(6)18-11-9(15)5-16-12(14)17-11/h3-5H,1-2H3. The van der Waals surface area contributed by atoms with Crippen molar-refractivity contribution >= 4 is 23.2 Å². The molecule has 0 bridgehead atoms. The quantitative estimate of drug-likeness (QED) is 0.771. The Morgan fingerprint density at radius 1 is 1.17 bits per heavy atom. The summed E-state index contributed by atoms with van der Waals surface area (Å²) in [7, 11) is 0. The average molecular weight is 287 g/mol. The number of ether oxygens (including phenoxy) is 1. The molecule has 1 aromatic heterocycles. The predicted octanol–water partition coefficient (Wildman–Crippen LogP) is 4.33. The van der Waals surface area contributed by atoms with Crippen molar-refractivity contribution in [1.29, 1.82) is 0 Å². The summed E-state index contributed by atoms with van der Waals surface area (Å²) in [5.41, 5.74) is 1.57. The third-order valence-electron chi connectivity index (χ3n) is 2.31. The molecule has 0 N–H and O–H groups in total. The van der Waals surface area contributed by atoms with Crippen molar-refractivity contribution in [2.75, 3.05) is 0 Å². The van der Waals surface area contributed by atoms with Crippen LogP contribution in [0.25, 0.3) is 0 Å². The largest absolute Gasteiger partial charge is 0.436 e. The third kappa shape index (κ3) is 2.71. The maximum atomic E-state index is 13.5. The van der Waals surface area contributed by atoms with Gasteiger partial charge in [0, 0.05) is 5.02 Å². The second-order valence-corrected chi connectivity index (χ2v) is 4.54. The fraction of sp³-hybridized carbons (Fsp3) is 0.167. The lowest BCUT2D eigenvalue weighted by atomic mass is 10.1. The number of nitrogens with zero attached hydrogens (tertiary/aromatic N) is 2. The van der Waals surface area contributed by atoms with Gasteiger partial charge >= 0.3 is 0 Å². The zero-order valence-corrected chi connectivity index (χ0v) is 11.2. The summed E-state index contributed by atoms with van der Waals surface area (Å²) < 4.78 is 18.9. The number of benzene rings is 1. The summed E-state index contributed by atoms with van der Waals surface area (Å²) in [5.74, 6) is -0.371. The van der Waals surface area contributed by atoms with Gasteiger partial charge in [-0.15, -0.1) is 0 Å². The lowest BCUT2D eigenvalue weighted by Crippen LogP contribution is -1.97. The number of hydrogen-bond acceptors (Lipinski definition) is 3. The summed E-state index contributed by atoms with van der Waals surface area (Å²) in [5, 5.41) is 0.522. The highest BCUT2D eigenvalue weighted by molar-refractivity contribution is 6.30. The molecule has 0 radical (unpaired) electrons. The summed E-state index contributed by atoms with van der Waals surface area (Å²) in [6, 6.07) is 3.45. The molecule has 0 aliphatic carbocycles. The Morgan fingerprint density at radius 3 is 2.39 bits per heavy atom. The molecular formula is C12H9Cl2FN2O. The van der Waals surface area contributed by atoms with Gasteiger partial charge in [-0.1, -0.05) is 11.6 Å². The maximum absolute atomic E-state index is 13.5.